The molecule has 0 saturated carbocycles. The van der Waals surface area contributed by atoms with Gasteiger partial charge in [-0.3, -0.25) is 4.90 Å². The predicted octanol–water partition coefficient (Wildman–Crippen LogP) is 3.02. The zero-order valence-corrected chi connectivity index (χ0v) is 20.6. The Balaban J connectivity index is 1.83. The van der Waals surface area contributed by atoms with Crippen LogP contribution in [-0.2, 0) is 9.16 Å². The second kappa shape index (κ2) is 9.16. The van der Waals surface area contributed by atoms with Crippen molar-refractivity contribution in [2.24, 2.45) is 0 Å². The molecule has 2 aliphatic rings. The summed E-state index contributed by atoms with van der Waals surface area (Å²) in [5.41, 5.74) is -0.0604. The highest BCUT2D eigenvalue weighted by molar-refractivity contribution is 6.99. The van der Waals surface area contributed by atoms with Gasteiger partial charge in [-0.1, -0.05) is 88.4 Å². The monoisotopic (exact) mass is 438 g/mol. The van der Waals surface area contributed by atoms with Crippen LogP contribution in [0.25, 0.3) is 0 Å². The van der Waals surface area contributed by atoms with E-state index in [0.717, 1.165) is 39.2 Å². The molecular weight excluding hydrogens is 400 g/mol. The SMILES string of the molecule is CC[C@@]1(N2CCNCC2)COC[C@@H]1O[Si](c1ccccc1)(c1ccccc1)C(C)(C)C. The molecule has 31 heavy (non-hydrogen) atoms. The second-order valence-corrected chi connectivity index (χ2v) is 14.2. The number of piperazine rings is 1. The van der Waals surface area contributed by atoms with Crippen LogP contribution in [0.3, 0.4) is 0 Å². The fourth-order valence-electron chi connectivity index (χ4n) is 5.60. The number of hydrogen-bond acceptors (Lipinski definition) is 4. The van der Waals surface area contributed by atoms with E-state index in [1.54, 1.807) is 0 Å². The van der Waals surface area contributed by atoms with Crippen LogP contribution >= 0.6 is 0 Å². The van der Waals surface area contributed by atoms with E-state index in [2.05, 4.69) is 98.6 Å². The number of nitrogens with one attached hydrogen (secondary N) is 1. The van der Waals surface area contributed by atoms with E-state index in [-0.39, 0.29) is 16.7 Å². The van der Waals surface area contributed by atoms with Gasteiger partial charge in [0, 0.05) is 26.2 Å². The molecule has 2 aromatic rings. The molecular formula is C26H38N2O2Si. The molecule has 5 heteroatoms. The first-order chi connectivity index (χ1) is 14.9. The van der Waals surface area contributed by atoms with Crippen LogP contribution in [0, 0.1) is 0 Å². The van der Waals surface area contributed by atoms with Crippen molar-refractivity contribution in [3.05, 3.63) is 60.7 Å². The molecule has 0 aliphatic carbocycles. The summed E-state index contributed by atoms with van der Waals surface area (Å²) < 4.78 is 13.7. The van der Waals surface area contributed by atoms with E-state index < -0.39 is 8.32 Å². The Labute approximate surface area is 189 Å². The van der Waals surface area contributed by atoms with Crippen LogP contribution < -0.4 is 15.7 Å². The summed E-state index contributed by atoms with van der Waals surface area (Å²) in [6.45, 7) is 15.0. The first-order valence-corrected chi connectivity index (χ1v) is 13.7. The van der Waals surface area contributed by atoms with Gasteiger partial charge < -0.3 is 14.5 Å². The van der Waals surface area contributed by atoms with E-state index >= 15 is 0 Å². The maximum atomic E-state index is 7.55. The van der Waals surface area contributed by atoms with Gasteiger partial charge in [0.1, 0.15) is 0 Å². The molecule has 2 aliphatic heterocycles. The Hall–Kier alpha value is -1.50. The van der Waals surface area contributed by atoms with Crippen molar-refractivity contribution in [1.82, 2.24) is 10.2 Å². The minimum atomic E-state index is -2.61. The smallest absolute Gasteiger partial charge is 0.261 e. The van der Waals surface area contributed by atoms with Crippen molar-refractivity contribution in [2.45, 2.75) is 50.8 Å². The highest BCUT2D eigenvalue weighted by Crippen LogP contribution is 2.41. The summed E-state index contributed by atoms with van der Waals surface area (Å²) >= 11 is 0. The molecule has 2 fully saturated rings. The van der Waals surface area contributed by atoms with Crippen molar-refractivity contribution in [3.8, 4) is 0 Å². The van der Waals surface area contributed by atoms with Crippen molar-refractivity contribution in [3.63, 3.8) is 0 Å². The molecule has 2 atom stereocenters. The number of hydrogen-bond donors (Lipinski definition) is 1. The van der Waals surface area contributed by atoms with Crippen molar-refractivity contribution in [1.29, 1.82) is 0 Å². The predicted molar refractivity (Wildman–Crippen MR) is 131 cm³/mol. The number of rotatable bonds is 6. The fraction of sp³-hybridized carbons (Fsp3) is 0.538. The van der Waals surface area contributed by atoms with Gasteiger partial charge in [0.05, 0.1) is 24.9 Å². The third-order valence-electron chi connectivity index (χ3n) is 7.32. The lowest BCUT2D eigenvalue weighted by atomic mass is 9.89. The van der Waals surface area contributed by atoms with Gasteiger partial charge in [-0.2, -0.15) is 0 Å². The van der Waals surface area contributed by atoms with Crippen LogP contribution in [0.4, 0.5) is 0 Å². The third-order valence-corrected chi connectivity index (χ3v) is 12.4. The van der Waals surface area contributed by atoms with Gasteiger partial charge in [-0.15, -0.1) is 0 Å². The highest BCUT2D eigenvalue weighted by atomic mass is 28.4. The van der Waals surface area contributed by atoms with Crippen LogP contribution in [-0.4, -0.2) is 64.3 Å². The summed E-state index contributed by atoms with van der Waals surface area (Å²) in [6, 6.07) is 21.9. The molecule has 2 aromatic carbocycles. The summed E-state index contributed by atoms with van der Waals surface area (Å²) in [4.78, 5) is 2.64. The zero-order chi connectivity index (χ0) is 22.0. The third kappa shape index (κ3) is 4.03. The van der Waals surface area contributed by atoms with E-state index in [0.29, 0.717) is 6.61 Å². The van der Waals surface area contributed by atoms with Gasteiger partial charge in [0.25, 0.3) is 8.32 Å². The molecule has 1 N–H and O–H groups in total. The zero-order valence-electron chi connectivity index (χ0n) is 19.6. The first-order valence-electron chi connectivity index (χ1n) is 11.8. The second-order valence-electron chi connectivity index (χ2n) is 9.98. The van der Waals surface area contributed by atoms with E-state index in [4.69, 9.17) is 9.16 Å². The Bertz CT molecular complexity index is 794. The topological polar surface area (TPSA) is 33.7 Å². The van der Waals surface area contributed by atoms with Crippen molar-refractivity contribution < 1.29 is 9.16 Å². The lowest BCUT2D eigenvalue weighted by Crippen LogP contribution is -2.71. The lowest BCUT2D eigenvalue weighted by Gasteiger charge is -2.50. The average Bonchev–Trinajstić information content (AvgIpc) is 3.22. The van der Waals surface area contributed by atoms with Gasteiger partial charge in [-0.25, -0.2) is 0 Å². The molecule has 0 spiro atoms. The minimum Gasteiger partial charge on any atom is -0.400 e. The Kier molecular flexibility index (Phi) is 6.70. The maximum Gasteiger partial charge on any atom is 0.261 e. The molecule has 0 radical (unpaired) electrons. The van der Waals surface area contributed by atoms with Crippen LogP contribution in [0.15, 0.2) is 60.7 Å². The fourth-order valence-corrected chi connectivity index (χ4v) is 10.3. The molecule has 0 bridgehead atoms. The van der Waals surface area contributed by atoms with Gasteiger partial charge in [-0.05, 0) is 21.8 Å². The maximum absolute atomic E-state index is 7.55. The average molecular weight is 439 g/mol. The molecule has 4 nitrogen and oxygen atoms in total. The Morgan fingerprint density at radius 3 is 2.03 bits per heavy atom. The van der Waals surface area contributed by atoms with E-state index in [1.165, 1.54) is 10.4 Å². The van der Waals surface area contributed by atoms with Crippen LogP contribution in [0.2, 0.25) is 5.04 Å². The molecule has 168 valence electrons. The Morgan fingerprint density at radius 2 is 1.55 bits per heavy atom. The molecule has 0 amide bonds. The summed E-state index contributed by atoms with van der Waals surface area (Å²) in [7, 11) is -2.61. The molecule has 0 unspecified atom stereocenters. The van der Waals surface area contributed by atoms with Crippen molar-refractivity contribution in [2.75, 3.05) is 39.4 Å². The van der Waals surface area contributed by atoms with Crippen LogP contribution in [0.1, 0.15) is 34.1 Å². The summed E-state index contributed by atoms with van der Waals surface area (Å²) in [6.07, 6.45) is 1.09. The Morgan fingerprint density at radius 1 is 1.00 bits per heavy atom. The number of nitrogens with zero attached hydrogens (tertiary/aromatic N) is 1. The normalized spacial score (nSPS) is 25.6. The van der Waals surface area contributed by atoms with Gasteiger partial charge in [0.15, 0.2) is 0 Å². The highest BCUT2D eigenvalue weighted by Gasteiger charge is 2.57. The van der Waals surface area contributed by atoms with E-state index in [1.807, 2.05) is 0 Å². The molecule has 0 aromatic heterocycles. The number of benzene rings is 2. The quantitative estimate of drug-likeness (QED) is 0.703. The molecule has 4 rings (SSSR count). The van der Waals surface area contributed by atoms with Crippen molar-refractivity contribution >= 4 is 18.7 Å². The van der Waals surface area contributed by atoms with Gasteiger partial charge in [0.2, 0.25) is 0 Å². The van der Waals surface area contributed by atoms with Gasteiger partial charge >= 0.3 is 0 Å². The first kappa shape index (κ1) is 22.7. The molecule has 2 heterocycles. The van der Waals surface area contributed by atoms with Crippen LogP contribution in [0.5, 0.6) is 0 Å². The molecule has 2 saturated heterocycles. The largest absolute Gasteiger partial charge is 0.400 e. The number of ether oxygens (including phenoxy) is 1. The summed E-state index contributed by atoms with van der Waals surface area (Å²) in [5.74, 6) is 0. The lowest BCUT2D eigenvalue weighted by molar-refractivity contribution is -0.00327. The summed E-state index contributed by atoms with van der Waals surface area (Å²) in [5, 5.41) is 6.15. The standard InChI is InChI=1S/C26H38N2O2Si/c1-5-26(28-18-16-27-17-19-28)21-29-20-24(26)30-31(25(2,3)4,22-12-8-6-9-13-22)23-14-10-7-11-15-23/h6-15,24,27H,5,16-21H2,1-4H3/t24-,26+/m0/s1. The van der Waals surface area contributed by atoms with E-state index in [9.17, 15) is 0 Å². The minimum absolute atomic E-state index is 0.0266.